The molecule has 5 heteroatoms. The minimum atomic E-state index is -0.227. The van der Waals surface area contributed by atoms with Crippen LogP contribution in [-0.2, 0) is 5.41 Å². The molecule has 2 aromatic heterocycles. The van der Waals surface area contributed by atoms with Gasteiger partial charge < -0.3 is 9.80 Å². The van der Waals surface area contributed by atoms with Gasteiger partial charge in [0.05, 0.1) is 11.4 Å². The van der Waals surface area contributed by atoms with Gasteiger partial charge in [-0.25, -0.2) is 0 Å². The maximum Gasteiger partial charge on any atom is 0.252 e. The van der Waals surface area contributed by atoms with E-state index in [4.69, 9.17) is 0 Å². The molecule has 0 radical (unpaired) electrons. The maximum absolute atomic E-state index is 4.63. The van der Waals surface area contributed by atoms with Crippen LogP contribution in [0, 0.1) is 0 Å². The molecule has 2 aliphatic rings. The van der Waals surface area contributed by atoms with Gasteiger partial charge in [-0.3, -0.25) is 9.97 Å². The van der Waals surface area contributed by atoms with Crippen LogP contribution in [0.25, 0.3) is 66.8 Å². The van der Waals surface area contributed by atoms with Gasteiger partial charge >= 0.3 is 0 Å². The van der Waals surface area contributed by atoms with Gasteiger partial charge in [-0.15, -0.1) is 0 Å². The first kappa shape index (κ1) is 43.9. The van der Waals surface area contributed by atoms with Crippen molar-refractivity contribution in [3.63, 3.8) is 0 Å². The van der Waals surface area contributed by atoms with Crippen LogP contribution in [0.1, 0.15) is 26.3 Å². The van der Waals surface area contributed by atoms with E-state index in [1.54, 1.807) is 0 Å². The van der Waals surface area contributed by atoms with E-state index in [-0.39, 0.29) is 12.1 Å². The molecule has 11 aromatic rings. The lowest BCUT2D eigenvalue weighted by Crippen LogP contribution is -2.61. The van der Waals surface area contributed by atoms with Crippen LogP contribution < -0.4 is 26.2 Å². The maximum atomic E-state index is 4.63. The summed E-state index contributed by atoms with van der Waals surface area (Å²) in [6, 6.07) is 84.9. The zero-order valence-corrected chi connectivity index (χ0v) is 41.1. The molecule has 0 atom stereocenters. The number of rotatable bonds is 8. The number of pyridine rings is 2. The molecule has 0 aliphatic carbocycles. The predicted molar refractivity (Wildman–Crippen MR) is 307 cm³/mol. The number of aromatic nitrogens is 2. The minimum absolute atomic E-state index is 0.169. The van der Waals surface area contributed by atoms with Crippen molar-refractivity contribution in [1.82, 2.24) is 9.97 Å². The van der Waals surface area contributed by atoms with Crippen molar-refractivity contribution < 1.29 is 0 Å². The SMILES string of the molecule is CC(C)(C)c1cc2c3c(c1)N(c1c(-c4ccccc4)cccc1-c1ccccc1)c1ccc(-c4cccnc4)cc1B3c1cc(-c3cccnc3)ccc1N2c1c(-c2ccccc2)cccc1-c1ccccc1. The lowest BCUT2D eigenvalue weighted by Gasteiger charge is -2.46. The first-order valence-electron chi connectivity index (χ1n) is 25.2. The molecule has 0 saturated heterocycles. The Balaban J connectivity index is 1.21. The number of fused-ring (bicyclic) bond motifs is 4. The van der Waals surface area contributed by atoms with E-state index in [9.17, 15) is 0 Å². The molecule has 0 unspecified atom stereocenters. The summed E-state index contributed by atoms with van der Waals surface area (Å²) in [5, 5.41) is 0. The van der Waals surface area contributed by atoms with Crippen LogP contribution in [0.5, 0.6) is 0 Å². The number of benzene rings is 9. The minimum Gasteiger partial charge on any atom is -0.310 e. The molecule has 0 amide bonds. The van der Waals surface area contributed by atoms with Crippen molar-refractivity contribution in [2.75, 3.05) is 9.80 Å². The van der Waals surface area contributed by atoms with Crippen LogP contribution in [0.3, 0.4) is 0 Å². The largest absolute Gasteiger partial charge is 0.310 e. The quantitative estimate of drug-likeness (QED) is 0.142. The molecule has 0 N–H and O–H groups in total. The molecular weight excluding hydrogens is 884 g/mol. The van der Waals surface area contributed by atoms with Gasteiger partial charge in [-0.05, 0) is 108 Å². The molecular formula is C68H51BN4. The Morgan fingerprint density at radius 1 is 0.329 bits per heavy atom. The molecule has 13 rings (SSSR count). The second-order valence-corrected chi connectivity index (χ2v) is 20.2. The smallest absolute Gasteiger partial charge is 0.252 e. The zero-order valence-electron chi connectivity index (χ0n) is 41.1. The fraction of sp³-hybridized carbons (Fsp3) is 0.0588. The predicted octanol–water partition coefficient (Wildman–Crippen LogP) is 15.9. The molecule has 0 fully saturated rings. The first-order valence-corrected chi connectivity index (χ1v) is 25.2. The Labute approximate surface area is 428 Å². The van der Waals surface area contributed by atoms with Crippen LogP contribution in [0.15, 0.2) is 255 Å². The van der Waals surface area contributed by atoms with E-state index in [1.165, 1.54) is 22.0 Å². The van der Waals surface area contributed by atoms with Gasteiger partial charge in [0.2, 0.25) is 0 Å². The number of hydrogen-bond donors (Lipinski definition) is 0. The third-order valence-electron chi connectivity index (χ3n) is 14.8. The van der Waals surface area contributed by atoms with Crippen molar-refractivity contribution in [2.24, 2.45) is 0 Å². The van der Waals surface area contributed by atoms with Crippen molar-refractivity contribution in [3.05, 3.63) is 261 Å². The summed E-state index contributed by atoms with van der Waals surface area (Å²) in [6.45, 7) is 6.88. The molecule has 346 valence electrons. The summed E-state index contributed by atoms with van der Waals surface area (Å²) in [7, 11) is 0. The third-order valence-corrected chi connectivity index (χ3v) is 14.8. The number of hydrogen-bond acceptors (Lipinski definition) is 4. The fourth-order valence-corrected chi connectivity index (χ4v) is 11.3. The van der Waals surface area contributed by atoms with Gasteiger partial charge in [0, 0.05) is 69.8 Å². The normalized spacial score (nSPS) is 12.5. The molecule has 4 heterocycles. The second kappa shape index (κ2) is 18.0. The standard InChI is InChI=1S/C68H51BN4/c1-68(2,3)54-42-63-65-64(43-54)73(67-57(48-24-12-6-13-25-48)32-17-33-58(67)49-26-14-7-15-27-49)62-37-35-51(53-29-19-39-71-45-53)41-60(62)69(65)59-40-50(52-28-18-38-70-44-52)34-36-61(59)72(63)66-55(46-20-8-4-9-21-46)30-16-31-56(66)47-22-10-5-11-23-47/h4-45H,1-3H3. The fourth-order valence-electron chi connectivity index (χ4n) is 11.3. The summed E-state index contributed by atoms with van der Waals surface area (Å²) < 4.78 is 0. The Bertz CT molecular complexity index is 3460. The lowest BCUT2D eigenvalue weighted by molar-refractivity contribution is 0.590. The molecule has 73 heavy (non-hydrogen) atoms. The topological polar surface area (TPSA) is 32.3 Å². The van der Waals surface area contributed by atoms with Crippen LogP contribution in [0.2, 0.25) is 0 Å². The van der Waals surface area contributed by atoms with Crippen molar-refractivity contribution in [1.29, 1.82) is 0 Å². The highest BCUT2D eigenvalue weighted by molar-refractivity contribution is 7.00. The van der Waals surface area contributed by atoms with E-state index >= 15 is 0 Å². The van der Waals surface area contributed by atoms with Gasteiger partial charge in [-0.1, -0.05) is 215 Å². The van der Waals surface area contributed by atoms with E-state index in [1.807, 2.05) is 36.9 Å². The van der Waals surface area contributed by atoms with Gasteiger partial charge in [0.25, 0.3) is 6.71 Å². The first-order chi connectivity index (χ1) is 35.9. The highest BCUT2D eigenvalue weighted by atomic mass is 15.2. The summed E-state index contributed by atoms with van der Waals surface area (Å²) in [5.41, 5.74) is 25.3. The van der Waals surface area contributed by atoms with Crippen molar-refractivity contribution in [3.8, 4) is 66.8 Å². The molecule has 0 spiro atoms. The summed E-state index contributed by atoms with van der Waals surface area (Å²) >= 11 is 0. The molecule has 0 bridgehead atoms. The van der Waals surface area contributed by atoms with Gasteiger partial charge in [0.15, 0.2) is 0 Å². The highest BCUT2D eigenvalue weighted by Crippen LogP contribution is 2.53. The van der Waals surface area contributed by atoms with Gasteiger partial charge in [0.1, 0.15) is 0 Å². The van der Waals surface area contributed by atoms with E-state index in [2.05, 4.69) is 259 Å². The Morgan fingerprint density at radius 3 is 1.01 bits per heavy atom. The average Bonchev–Trinajstić information content (AvgIpc) is 3.46. The van der Waals surface area contributed by atoms with E-state index in [0.29, 0.717) is 0 Å². The van der Waals surface area contributed by atoms with Crippen LogP contribution >= 0.6 is 0 Å². The monoisotopic (exact) mass is 934 g/mol. The zero-order chi connectivity index (χ0) is 49.0. The van der Waals surface area contributed by atoms with Crippen LogP contribution in [0.4, 0.5) is 34.1 Å². The van der Waals surface area contributed by atoms with Crippen LogP contribution in [-0.4, -0.2) is 16.7 Å². The van der Waals surface area contributed by atoms with Gasteiger partial charge in [-0.2, -0.15) is 0 Å². The molecule has 9 aromatic carbocycles. The summed E-state index contributed by atoms with van der Waals surface area (Å²) in [6.07, 6.45) is 7.68. The number of nitrogens with zero attached hydrogens (tertiary/aromatic N) is 4. The van der Waals surface area contributed by atoms with Crippen molar-refractivity contribution >= 4 is 57.2 Å². The molecule has 4 nitrogen and oxygen atoms in total. The van der Waals surface area contributed by atoms with Crippen molar-refractivity contribution in [2.45, 2.75) is 26.2 Å². The Kier molecular flexibility index (Phi) is 10.8. The lowest BCUT2D eigenvalue weighted by atomic mass is 9.33. The number of para-hydroxylation sites is 2. The third kappa shape index (κ3) is 7.64. The Morgan fingerprint density at radius 2 is 0.685 bits per heavy atom. The van der Waals surface area contributed by atoms with E-state index in [0.717, 1.165) is 101 Å². The Hall–Kier alpha value is -9.06. The number of anilines is 6. The summed E-state index contributed by atoms with van der Waals surface area (Å²) in [4.78, 5) is 14.5. The molecule has 0 saturated carbocycles. The highest BCUT2D eigenvalue weighted by Gasteiger charge is 2.46. The summed E-state index contributed by atoms with van der Waals surface area (Å²) in [5.74, 6) is 0. The second-order valence-electron chi connectivity index (χ2n) is 20.2. The van der Waals surface area contributed by atoms with E-state index < -0.39 is 0 Å². The average molecular weight is 935 g/mol. The molecule has 2 aliphatic heterocycles.